The summed E-state index contributed by atoms with van der Waals surface area (Å²) in [5, 5.41) is 18.8. The van der Waals surface area contributed by atoms with E-state index in [0.29, 0.717) is 0 Å². The summed E-state index contributed by atoms with van der Waals surface area (Å²) < 4.78 is 1.12. The first-order chi connectivity index (χ1) is 8.98. The van der Waals surface area contributed by atoms with Gasteiger partial charge in [0, 0.05) is 5.54 Å². The normalized spacial score (nSPS) is 12.2. The molecule has 7 heteroatoms. The standard InChI is InChI=1S/C13H22N4O3/c1-12(2,3)8-13(4,5)14-11(20)9-6-17(16-15-9)7-10(18)19/h6H,7-8H2,1-5H3,(H,14,20)(H,18,19). The van der Waals surface area contributed by atoms with Gasteiger partial charge in [-0.15, -0.1) is 5.10 Å². The molecule has 1 aromatic rings. The molecule has 0 saturated carbocycles. The van der Waals surface area contributed by atoms with E-state index in [2.05, 4.69) is 36.4 Å². The molecule has 0 aromatic carbocycles. The fraction of sp³-hybridized carbons (Fsp3) is 0.692. The van der Waals surface area contributed by atoms with Crippen molar-refractivity contribution in [1.29, 1.82) is 0 Å². The number of amides is 1. The van der Waals surface area contributed by atoms with Crippen LogP contribution >= 0.6 is 0 Å². The maximum Gasteiger partial charge on any atom is 0.325 e. The number of carbonyl (C=O) groups excluding carboxylic acids is 1. The molecule has 20 heavy (non-hydrogen) atoms. The first kappa shape index (κ1) is 16.1. The Balaban J connectivity index is 2.71. The summed E-state index contributed by atoms with van der Waals surface area (Å²) in [5.41, 5.74) is -0.183. The number of rotatable bonds is 5. The topological polar surface area (TPSA) is 97.1 Å². The molecule has 1 aromatic heterocycles. The molecule has 0 radical (unpaired) electrons. The lowest BCUT2D eigenvalue weighted by Gasteiger charge is -2.33. The van der Waals surface area contributed by atoms with Crippen LogP contribution in [-0.2, 0) is 11.3 Å². The molecule has 0 unspecified atom stereocenters. The molecule has 0 bridgehead atoms. The van der Waals surface area contributed by atoms with Crippen LogP contribution < -0.4 is 5.32 Å². The van der Waals surface area contributed by atoms with Crippen LogP contribution in [-0.4, -0.2) is 37.5 Å². The average molecular weight is 282 g/mol. The fourth-order valence-corrected chi connectivity index (χ4v) is 2.36. The molecule has 0 aliphatic rings. The molecule has 0 saturated heterocycles. The Morgan fingerprint density at radius 2 is 1.90 bits per heavy atom. The van der Waals surface area contributed by atoms with E-state index in [4.69, 9.17) is 5.11 Å². The lowest BCUT2D eigenvalue weighted by atomic mass is 9.82. The van der Waals surface area contributed by atoms with Gasteiger partial charge in [0.25, 0.3) is 5.91 Å². The second-order valence-electron chi connectivity index (χ2n) is 6.77. The molecule has 0 atom stereocenters. The maximum atomic E-state index is 12.1. The lowest BCUT2D eigenvalue weighted by molar-refractivity contribution is -0.137. The van der Waals surface area contributed by atoms with Gasteiger partial charge < -0.3 is 10.4 Å². The number of carbonyl (C=O) groups is 2. The molecule has 1 heterocycles. The smallest absolute Gasteiger partial charge is 0.325 e. The van der Waals surface area contributed by atoms with E-state index >= 15 is 0 Å². The highest BCUT2D eigenvalue weighted by Gasteiger charge is 2.28. The third kappa shape index (κ3) is 5.38. The molecule has 0 fully saturated rings. The summed E-state index contributed by atoms with van der Waals surface area (Å²) >= 11 is 0. The molecule has 1 amide bonds. The van der Waals surface area contributed by atoms with Crippen LogP contribution in [0.5, 0.6) is 0 Å². The summed E-state index contributed by atoms with van der Waals surface area (Å²) in [6, 6.07) is 0. The van der Waals surface area contributed by atoms with Gasteiger partial charge in [0.15, 0.2) is 5.69 Å². The van der Waals surface area contributed by atoms with Crippen molar-refractivity contribution in [2.24, 2.45) is 5.41 Å². The van der Waals surface area contributed by atoms with Crippen molar-refractivity contribution in [3.8, 4) is 0 Å². The Morgan fingerprint density at radius 3 is 2.40 bits per heavy atom. The van der Waals surface area contributed by atoms with Crippen LogP contribution in [0.1, 0.15) is 51.5 Å². The molecule has 2 N–H and O–H groups in total. The number of nitrogens with one attached hydrogen (secondary N) is 1. The Hall–Kier alpha value is -1.92. The van der Waals surface area contributed by atoms with Gasteiger partial charge in [0.1, 0.15) is 6.54 Å². The number of aromatic nitrogens is 3. The zero-order valence-electron chi connectivity index (χ0n) is 12.6. The van der Waals surface area contributed by atoms with Gasteiger partial charge in [0.05, 0.1) is 6.20 Å². The number of carboxylic acids is 1. The second-order valence-corrected chi connectivity index (χ2v) is 6.77. The summed E-state index contributed by atoms with van der Waals surface area (Å²) in [5.74, 6) is -1.38. The molecule has 1 rings (SSSR count). The monoisotopic (exact) mass is 282 g/mol. The summed E-state index contributed by atoms with van der Waals surface area (Å²) in [6.45, 7) is 9.87. The molecule has 7 nitrogen and oxygen atoms in total. The summed E-state index contributed by atoms with van der Waals surface area (Å²) in [6.07, 6.45) is 2.13. The Labute approximate surface area is 118 Å². The van der Waals surface area contributed by atoms with Crippen molar-refractivity contribution in [3.63, 3.8) is 0 Å². The highest BCUT2D eigenvalue weighted by Crippen LogP contribution is 2.26. The third-order valence-corrected chi connectivity index (χ3v) is 2.49. The Bertz CT molecular complexity index is 500. The summed E-state index contributed by atoms with van der Waals surface area (Å²) in [7, 11) is 0. The zero-order valence-corrected chi connectivity index (χ0v) is 12.6. The minimum Gasteiger partial charge on any atom is -0.480 e. The van der Waals surface area contributed by atoms with E-state index in [1.807, 2.05) is 13.8 Å². The van der Waals surface area contributed by atoms with Crippen LogP contribution in [0.2, 0.25) is 0 Å². The van der Waals surface area contributed by atoms with Gasteiger partial charge in [0.2, 0.25) is 0 Å². The number of hydrogen-bond donors (Lipinski definition) is 2. The van der Waals surface area contributed by atoms with Crippen LogP contribution in [0, 0.1) is 5.41 Å². The highest BCUT2D eigenvalue weighted by atomic mass is 16.4. The van der Waals surface area contributed by atoms with Crippen LogP contribution in [0.4, 0.5) is 0 Å². The van der Waals surface area contributed by atoms with Gasteiger partial charge in [-0.3, -0.25) is 9.59 Å². The average Bonchev–Trinajstić information content (AvgIpc) is 2.59. The van der Waals surface area contributed by atoms with Crippen molar-refractivity contribution in [2.45, 2.75) is 53.1 Å². The first-order valence-electron chi connectivity index (χ1n) is 6.43. The van der Waals surface area contributed by atoms with Crippen LogP contribution in [0.15, 0.2) is 6.20 Å². The molecular weight excluding hydrogens is 260 g/mol. The van der Waals surface area contributed by atoms with Gasteiger partial charge in [-0.2, -0.15) is 0 Å². The predicted molar refractivity (Wildman–Crippen MR) is 73.3 cm³/mol. The number of nitrogens with zero attached hydrogens (tertiary/aromatic N) is 3. The van der Waals surface area contributed by atoms with Gasteiger partial charge >= 0.3 is 5.97 Å². The van der Waals surface area contributed by atoms with E-state index in [9.17, 15) is 9.59 Å². The van der Waals surface area contributed by atoms with Crippen molar-refractivity contribution in [2.75, 3.05) is 0 Å². The van der Waals surface area contributed by atoms with Gasteiger partial charge in [-0.1, -0.05) is 26.0 Å². The molecule has 0 aliphatic heterocycles. The zero-order chi connectivity index (χ0) is 15.6. The van der Waals surface area contributed by atoms with Crippen molar-refractivity contribution in [1.82, 2.24) is 20.3 Å². The fourth-order valence-electron chi connectivity index (χ4n) is 2.36. The molecule has 112 valence electrons. The molecular formula is C13H22N4O3. The van der Waals surface area contributed by atoms with Gasteiger partial charge in [-0.05, 0) is 25.7 Å². The number of carboxylic acid groups (broad SMARTS) is 1. The van der Waals surface area contributed by atoms with Crippen molar-refractivity contribution >= 4 is 11.9 Å². The first-order valence-corrected chi connectivity index (χ1v) is 6.43. The Morgan fingerprint density at radius 1 is 1.30 bits per heavy atom. The third-order valence-electron chi connectivity index (χ3n) is 2.49. The van der Waals surface area contributed by atoms with E-state index in [1.54, 1.807) is 0 Å². The minimum atomic E-state index is -1.03. The number of aliphatic carboxylic acids is 1. The highest BCUT2D eigenvalue weighted by molar-refractivity contribution is 5.92. The van der Waals surface area contributed by atoms with Crippen molar-refractivity contribution < 1.29 is 14.7 Å². The SMILES string of the molecule is CC(C)(C)CC(C)(C)NC(=O)c1cn(CC(=O)O)nn1. The predicted octanol–water partition coefficient (Wildman–Crippen LogP) is 1.31. The van der Waals surface area contributed by atoms with E-state index in [1.165, 1.54) is 6.20 Å². The van der Waals surface area contributed by atoms with E-state index < -0.39 is 5.97 Å². The molecule has 0 aliphatic carbocycles. The van der Waals surface area contributed by atoms with Crippen LogP contribution in [0.25, 0.3) is 0 Å². The quantitative estimate of drug-likeness (QED) is 0.848. The van der Waals surface area contributed by atoms with E-state index in [0.717, 1.165) is 11.1 Å². The van der Waals surface area contributed by atoms with Crippen molar-refractivity contribution in [3.05, 3.63) is 11.9 Å². The van der Waals surface area contributed by atoms with Crippen LogP contribution in [0.3, 0.4) is 0 Å². The lowest BCUT2D eigenvalue weighted by Crippen LogP contribution is -2.45. The molecule has 0 spiro atoms. The van der Waals surface area contributed by atoms with Gasteiger partial charge in [-0.25, -0.2) is 4.68 Å². The largest absolute Gasteiger partial charge is 0.480 e. The minimum absolute atomic E-state index is 0.0810. The van der Waals surface area contributed by atoms with E-state index in [-0.39, 0.29) is 29.1 Å². The number of hydrogen-bond acceptors (Lipinski definition) is 4. The maximum absolute atomic E-state index is 12.1. The summed E-state index contributed by atoms with van der Waals surface area (Å²) in [4.78, 5) is 22.6. The Kier molecular flexibility index (Phi) is 4.52. The second kappa shape index (κ2) is 5.60.